The van der Waals surface area contributed by atoms with Crippen LogP contribution in [0.25, 0.3) is 0 Å². The summed E-state index contributed by atoms with van der Waals surface area (Å²) in [6.45, 7) is 7.27. The van der Waals surface area contributed by atoms with Crippen molar-refractivity contribution < 1.29 is 9.59 Å². The van der Waals surface area contributed by atoms with E-state index in [2.05, 4.69) is 37.5 Å². The zero-order chi connectivity index (χ0) is 21.2. The van der Waals surface area contributed by atoms with Crippen LogP contribution >= 0.6 is 0 Å². The normalized spacial score (nSPS) is 22.4. The topological polar surface area (TPSA) is 32.3 Å². The van der Waals surface area contributed by atoms with Crippen molar-refractivity contribution in [1.29, 1.82) is 0 Å². The summed E-state index contributed by atoms with van der Waals surface area (Å²) in [4.78, 5) is 0. The third-order valence-electron chi connectivity index (χ3n) is 6.68. The van der Waals surface area contributed by atoms with E-state index in [1.54, 1.807) is 0 Å². The lowest BCUT2D eigenvalue weighted by molar-refractivity contribution is -0.942. The average molecular weight is 408 g/mol. The molecular formula is C26H51N2O+. The van der Waals surface area contributed by atoms with Crippen LogP contribution in [-0.4, -0.2) is 28.5 Å². The molecule has 0 aliphatic carbocycles. The highest BCUT2D eigenvalue weighted by Crippen LogP contribution is 2.26. The quantitative estimate of drug-likeness (QED) is 0.133. The standard InChI is InChI=1S/C26H51N2O/c1-4-6-7-8-9-10-11-12-13-14-15-16-17-18-19-20-21-22-26-27-23-24-28(26,5-2)25(3)29/h7-8,23-27,29H,4-6,9-22H2,1-3H3/q+1/b8-7+. The lowest BCUT2D eigenvalue weighted by atomic mass is 10.0. The van der Waals surface area contributed by atoms with E-state index in [4.69, 9.17) is 0 Å². The number of aliphatic hydroxyl groups is 1. The van der Waals surface area contributed by atoms with Crippen LogP contribution in [-0.2, 0) is 0 Å². The van der Waals surface area contributed by atoms with E-state index in [0.29, 0.717) is 10.6 Å². The molecule has 0 fully saturated rings. The Bertz CT molecular complexity index is 432. The van der Waals surface area contributed by atoms with Crippen LogP contribution in [0.1, 0.15) is 124 Å². The summed E-state index contributed by atoms with van der Waals surface area (Å²) >= 11 is 0. The first-order valence-corrected chi connectivity index (χ1v) is 12.8. The first-order valence-electron chi connectivity index (χ1n) is 12.8. The number of hydrogen-bond acceptors (Lipinski definition) is 2. The molecule has 1 aliphatic heterocycles. The Morgan fingerprint density at radius 2 is 1.34 bits per heavy atom. The molecule has 170 valence electrons. The molecule has 1 rings (SSSR count). The van der Waals surface area contributed by atoms with Gasteiger partial charge in [-0.05, 0) is 32.6 Å². The molecule has 2 N–H and O–H groups in total. The fourth-order valence-electron chi connectivity index (χ4n) is 4.60. The average Bonchev–Trinajstić information content (AvgIpc) is 3.14. The second-order valence-corrected chi connectivity index (χ2v) is 9.02. The first-order chi connectivity index (χ1) is 14.2. The van der Waals surface area contributed by atoms with Crippen molar-refractivity contribution >= 4 is 0 Å². The van der Waals surface area contributed by atoms with Crippen LogP contribution in [0.5, 0.6) is 0 Å². The summed E-state index contributed by atoms with van der Waals surface area (Å²) in [6.07, 6.45) is 30.6. The maximum atomic E-state index is 10.2. The highest BCUT2D eigenvalue weighted by atomic mass is 16.3. The second-order valence-electron chi connectivity index (χ2n) is 9.02. The lowest BCUT2D eigenvalue weighted by Crippen LogP contribution is -2.57. The van der Waals surface area contributed by atoms with E-state index < -0.39 is 0 Å². The van der Waals surface area contributed by atoms with Gasteiger partial charge >= 0.3 is 0 Å². The summed E-state index contributed by atoms with van der Waals surface area (Å²) in [6, 6.07) is 0. The maximum absolute atomic E-state index is 10.2. The van der Waals surface area contributed by atoms with Crippen molar-refractivity contribution in [3.05, 3.63) is 24.6 Å². The van der Waals surface area contributed by atoms with Crippen molar-refractivity contribution in [3.63, 3.8) is 0 Å². The Hall–Kier alpha value is -0.800. The van der Waals surface area contributed by atoms with Crippen LogP contribution in [0.2, 0.25) is 0 Å². The maximum Gasteiger partial charge on any atom is 0.193 e. The van der Waals surface area contributed by atoms with Crippen molar-refractivity contribution in [2.45, 2.75) is 136 Å². The number of quaternary nitrogens is 1. The first kappa shape index (κ1) is 26.2. The molecule has 3 nitrogen and oxygen atoms in total. The summed E-state index contributed by atoms with van der Waals surface area (Å²) in [5, 5.41) is 13.7. The molecule has 3 unspecified atom stereocenters. The molecule has 0 saturated heterocycles. The zero-order valence-corrected chi connectivity index (χ0v) is 19.9. The van der Waals surface area contributed by atoms with Crippen LogP contribution in [0.15, 0.2) is 24.6 Å². The monoisotopic (exact) mass is 407 g/mol. The summed E-state index contributed by atoms with van der Waals surface area (Å²) in [5.41, 5.74) is 0. The van der Waals surface area contributed by atoms with Crippen LogP contribution < -0.4 is 5.32 Å². The molecule has 0 aromatic carbocycles. The number of aliphatic hydroxyl groups excluding tert-OH is 1. The summed E-state index contributed by atoms with van der Waals surface area (Å²) in [7, 11) is 0. The van der Waals surface area contributed by atoms with E-state index in [1.165, 1.54) is 96.3 Å². The van der Waals surface area contributed by atoms with E-state index >= 15 is 0 Å². The molecular weight excluding hydrogens is 356 g/mol. The Morgan fingerprint density at radius 1 is 0.828 bits per heavy atom. The number of allylic oxidation sites excluding steroid dienone is 2. The molecule has 3 heteroatoms. The highest BCUT2D eigenvalue weighted by molar-refractivity contribution is 4.84. The molecule has 1 aliphatic rings. The minimum absolute atomic E-state index is 0.334. The third-order valence-corrected chi connectivity index (χ3v) is 6.68. The van der Waals surface area contributed by atoms with E-state index in [0.717, 1.165) is 13.0 Å². The van der Waals surface area contributed by atoms with Crippen molar-refractivity contribution in [2.75, 3.05) is 6.54 Å². The van der Waals surface area contributed by atoms with Crippen LogP contribution in [0, 0.1) is 0 Å². The minimum Gasteiger partial charge on any atom is -0.345 e. The largest absolute Gasteiger partial charge is 0.345 e. The molecule has 0 aromatic heterocycles. The van der Waals surface area contributed by atoms with Crippen molar-refractivity contribution in [3.8, 4) is 0 Å². The second kappa shape index (κ2) is 16.9. The molecule has 0 bridgehead atoms. The Kier molecular flexibility index (Phi) is 15.3. The van der Waals surface area contributed by atoms with Crippen LogP contribution in [0.3, 0.4) is 0 Å². The molecule has 1 heterocycles. The number of unbranched alkanes of at least 4 members (excludes halogenated alkanes) is 13. The highest BCUT2D eigenvalue weighted by Gasteiger charge is 2.40. The molecule has 0 aromatic rings. The van der Waals surface area contributed by atoms with Crippen molar-refractivity contribution in [1.82, 2.24) is 5.32 Å². The van der Waals surface area contributed by atoms with Gasteiger partial charge in [-0.15, -0.1) is 0 Å². The van der Waals surface area contributed by atoms with Crippen molar-refractivity contribution in [2.24, 2.45) is 0 Å². The number of rotatable bonds is 19. The van der Waals surface area contributed by atoms with Crippen LogP contribution in [0.4, 0.5) is 0 Å². The van der Waals surface area contributed by atoms with Gasteiger partial charge in [-0.3, -0.25) is 4.48 Å². The molecule has 0 saturated carbocycles. The van der Waals surface area contributed by atoms with E-state index in [1.807, 2.05) is 13.1 Å². The van der Waals surface area contributed by atoms with E-state index in [-0.39, 0.29) is 6.23 Å². The number of nitrogens with zero attached hydrogens (tertiary/aromatic N) is 1. The molecule has 0 spiro atoms. The number of hydrogen-bond donors (Lipinski definition) is 2. The number of nitrogens with one attached hydrogen (secondary N) is 1. The van der Waals surface area contributed by atoms with Gasteiger partial charge in [0.15, 0.2) is 12.4 Å². The Morgan fingerprint density at radius 3 is 1.86 bits per heavy atom. The SMILES string of the molecule is CCC/C=C/CCCCCCCCCCCCCCC1NC=C[N+]1(CC)C(C)O. The van der Waals surface area contributed by atoms with Gasteiger partial charge in [0.1, 0.15) is 6.20 Å². The Labute approximate surface area is 182 Å². The van der Waals surface area contributed by atoms with E-state index in [9.17, 15) is 5.11 Å². The molecule has 0 radical (unpaired) electrons. The third kappa shape index (κ3) is 10.7. The van der Waals surface area contributed by atoms with Gasteiger partial charge < -0.3 is 10.4 Å². The van der Waals surface area contributed by atoms with Gasteiger partial charge in [-0.2, -0.15) is 0 Å². The van der Waals surface area contributed by atoms with Gasteiger partial charge in [0, 0.05) is 13.3 Å². The Balaban J connectivity index is 1.86. The predicted molar refractivity (Wildman–Crippen MR) is 127 cm³/mol. The predicted octanol–water partition coefficient (Wildman–Crippen LogP) is 7.38. The smallest absolute Gasteiger partial charge is 0.193 e. The molecule has 3 atom stereocenters. The van der Waals surface area contributed by atoms with Gasteiger partial charge in [-0.1, -0.05) is 89.7 Å². The summed E-state index contributed by atoms with van der Waals surface area (Å²) in [5.74, 6) is 0. The molecule has 0 amide bonds. The lowest BCUT2D eigenvalue weighted by Gasteiger charge is -2.39. The van der Waals surface area contributed by atoms with Gasteiger partial charge in [0.25, 0.3) is 0 Å². The fraction of sp³-hybridized carbons (Fsp3) is 0.846. The fourth-order valence-corrected chi connectivity index (χ4v) is 4.60. The van der Waals surface area contributed by atoms with Gasteiger partial charge in [0.2, 0.25) is 0 Å². The summed E-state index contributed by atoms with van der Waals surface area (Å²) < 4.78 is 0.676. The minimum atomic E-state index is -0.334. The van der Waals surface area contributed by atoms with Gasteiger partial charge in [0.05, 0.1) is 12.7 Å². The van der Waals surface area contributed by atoms with Gasteiger partial charge in [-0.25, -0.2) is 0 Å². The molecule has 29 heavy (non-hydrogen) atoms. The zero-order valence-electron chi connectivity index (χ0n) is 19.9.